The third-order valence-corrected chi connectivity index (χ3v) is 4.63. The van der Waals surface area contributed by atoms with E-state index in [9.17, 15) is 34.5 Å². The SMILES string of the molecule is Cc1c(C(=O)c2ccccc2[N+](=O)[O-])c(O)n(Cc2ccc(F)cc2)c(=O)c1C#N. The fourth-order valence-electron chi connectivity index (χ4n) is 3.10. The minimum atomic E-state index is -0.901. The molecule has 0 aliphatic rings. The minimum absolute atomic E-state index is 0.0847. The molecule has 150 valence electrons. The largest absolute Gasteiger partial charge is 0.494 e. The van der Waals surface area contributed by atoms with Gasteiger partial charge in [-0.25, -0.2) is 4.39 Å². The van der Waals surface area contributed by atoms with Crippen LogP contribution < -0.4 is 5.56 Å². The van der Waals surface area contributed by atoms with Gasteiger partial charge in [-0.05, 0) is 36.2 Å². The number of nitro benzene ring substituents is 1. The van der Waals surface area contributed by atoms with Gasteiger partial charge in [-0.15, -0.1) is 0 Å². The van der Waals surface area contributed by atoms with Crippen molar-refractivity contribution < 1.29 is 19.2 Å². The van der Waals surface area contributed by atoms with Crippen LogP contribution in [0.15, 0.2) is 53.3 Å². The normalized spacial score (nSPS) is 10.4. The number of nitro groups is 1. The second kappa shape index (κ2) is 7.97. The summed E-state index contributed by atoms with van der Waals surface area (Å²) >= 11 is 0. The van der Waals surface area contributed by atoms with Crippen LogP contribution >= 0.6 is 0 Å². The Kier molecular flexibility index (Phi) is 5.42. The van der Waals surface area contributed by atoms with Crippen LogP contribution in [-0.2, 0) is 6.54 Å². The van der Waals surface area contributed by atoms with E-state index < -0.39 is 33.7 Å². The Morgan fingerprint density at radius 3 is 2.47 bits per heavy atom. The summed E-state index contributed by atoms with van der Waals surface area (Å²) in [6, 6.07) is 12.0. The van der Waals surface area contributed by atoms with E-state index in [1.54, 1.807) is 6.07 Å². The molecule has 0 fully saturated rings. The molecule has 0 atom stereocenters. The molecule has 1 heterocycles. The second-order valence-electron chi connectivity index (χ2n) is 6.43. The molecule has 0 unspecified atom stereocenters. The highest BCUT2D eigenvalue weighted by Crippen LogP contribution is 2.29. The molecule has 0 saturated heterocycles. The predicted molar refractivity (Wildman–Crippen MR) is 104 cm³/mol. The van der Waals surface area contributed by atoms with Gasteiger partial charge in [0, 0.05) is 6.07 Å². The van der Waals surface area contributed by atoms with E-state index in [0.717, 1.165) is 22.8 Å². The molecule has 30 heavy (non-hydrogen) atoms. The molecule has 1 N–H and O–H groups in total. The van der Waals surface area contributed by atoms with Gasteiger partial charge in [-0.3, -0.25) is 24.3 Å². The van der Waals surface area contributed by atoms with Gasteiger partial charge in [0.15, 0.2) is 0 Å². The summed E-state index contributed by atoms with van der Waals surface area (Å²) < 4.78 is 14.0. The number of aromatic nitrogens is 1. The lowest BCUT2D eigenvalue weighted by Gasteiger charge is -2.15. The number of nitrogens with zero attached hydrogens (tertiary/aromatic N) is 3. The number of benzene rings is 2. The van der Waals surface area contributed by atoms with E-state index >= 15 is 0 Å². The summed E-state index contributed by atoms with van der Waals surface area (Å²) in [5.74, 6) is -2.13. The van der Waals surface area contributed by atoms with E-state index in [2.05, 4.69) is 0 Å². The van der Waals surface area contributed by atoms with E-state index in [-0.39, 0.29) is 28.8 Å². The number of halogens is 1. The number of hydrogen-bond donors (Lipinski definition) is 1. The van der Waals surface area contributed by atoms with Crippen LogP contribution in [0.25, 0.3) is 0 Å². The van der Waals surface area contributed by atoms with Crippen LogP contribution in [0, 0.1) is 34.2 Å². The fourth-order valence-corrected chi connectivity index (χ4v) is 3.10. The van der Waals surface area contributed by atoms with E-state index in [4.69, 9.17) is 0 Å². The third kappa shape index (κ3) is 3.54. The molecule has 2 aromatic carbocycles. The Labute approximate surface area is 169 Å². The van der Waals surface area contributed by atoms with Crippen molar-refractivity contribution in [3.63, 3.8) is 0 Å². The zero-order valence-corrected chi connectivity index (χ0v) is 15.6. The average Bonchev–Trinajstić information content (AvgIpc) is 2.72. The zero-order valence-electron chi connectivity index (χ0n) is 15.6. The topological polar surface area (TPSA) is 126 Å². The maximum absolute atomic E-state index is 13.2. The first-order chi connectivity index (χ1) is 14.3. The Morgan fingerprint density at radius 2 is 1.87 bits per heavy atom. The van der Waals surface area contributed by atoms with Gasteiger partial charge in [-0.2, -0.15) is 5.26 Å². The molecule has 0 radical (unpaired) electrons. The molecule has 0 aliphatic heterocycles. The lowest BCUT2D eigenvalue weighted by Crippen LogP contribution is -2.27. The van der Waals surface area contributed by atoms with Crippen molar-refractivity contribution in [3.8, 4) is 11.9 Å². The molecule has 9 heteroatoms. The minimum Gasteiger partial charge on any atom is -0.494 e. The lowest BCUT2D eigenvalue weighted by atomic mass is 9.96. The van der Waals surface area contributed by atoms with Gasteiger partial charge in [-0.1, -0.05) is 24.3 Å². The van der Waals surface area contributed by atoms with Crippen molar-refractivity contribution in [2.45, 2.75) is 13.5 Å². The Bertz CT molecular complexity index is 1270. The lowest BCUT2D eigenvalue weighted by molar-refractivity contribution is -0.385. The molecular formula is C21H14FN3O5. The van der Waals surface area contributed by atoms with Crippen molar-refractivity contribution in [3.05, 3.63) is 103 Å². The molecule has 0 amide bonds. The summed E-state index contributed by atoms with van der Waals surface area (Å²) in [6.07, 6.45) is 0. The summed E-state index contributed by atoms with van der Waals surface area (Å²) in [5.41, 5.74) is -2.02. The maximum atomic E-state index is 13.2. The summed E-state index contributed by atoms with van der Waals surface area (Å²) in [6.45, 7) is 1.07. The summed E-state index contributed by atoms with van der Waals surface area (Å²) in [4.78, 5) is 36.3. The molecule has 1 aromatic heterocycles. The first-order valence-corrected chi connectivity index (χ1v) is 8.65. The highest BCUT2D eigenvalue weighted by molar-refractivity contribution is 6.13. The highest BCUT2D eigenvalue weighted by atomic mass is 19.1. The number of para-hydroxylation sites is 1. The number of pyridine rings is 1. The van der Waals surface area contributed by atoms with Crippen LogP contribution in [0.3, 0.4) is 0 Å². The number of hydrogen-bond acceptors (Lipinski definition) is 6. The molecular weight excluding hydrogens is 393 g/mol. The first-order valence-electron chi connectivity index (χ1n) is 8.65. The Hall–Kier alpha value is -4.32. The predicted octanol–water partition coefficient (Wildman–Crippen LogP) is 3.06. The number of rotatable bonds is 5. The highest BCUT2D eigenvalue weighted by Gasteiger charge is 2.28. The van der Waals surface area contributed by atoms with Crippen molar-refractivity contribution >= 4 is 11.5 Å². The average molecular weight is 407 g/mol. The quantitative estimate of drug-likeness (QED) is 0.393. The third-order valence-electron chi connectivity index (χ3n) is 4.63. The molecule has 3 rings (SSSR count). The van der Waals surface area contributed by atoms with Crippen LogP contribution in [0.1, 0.15) is 32.6 Å². The summed E-state index contributed by atoms with van der Waals surface area (Å²) in [7, 11) is 0. The van der Waals surface area contributed by atoms with Gasteiger partial charge >= 0.3 is 0 Å². The van der Waals surface area contributed by atoms with Crippen LogP contribution in [0.2, 0.25) is 0 Å². The number of carbonyl (C=O) groups is 1. The number of nitriles is 1. The fraction of sp³-hybridized carbons (Fsp3) is 0.0952. The molecule has 0 saturated carbocycles. The molecule has 0 bridgehead atoms. The van der Waals surface area contributed by atoms with Crippen molar-refractivity contribution in [2.24, 2.45) is 0 Å². The first kappa shape index (κ1) is 20.4. The maximum Gasteiger partial charge on any atom is 0.280 e. The van der Waals surface area contributed by atoms with Crippen LogP contribution in [0.5, 0.6) is 5.88 Å². The summed E-state index contributed by atoms with van der Waals surface area (Å²) in [5, 5.41) is 31.5. The second-order valence-corrected chi connectivity index (χ2v) is 6.43. The van der Waals surface area contributed by atoms with Crippen molar-refractivity contribution in [1.82, 2.24) is 4.57 Å². The Morgan fingerprint density at radius 1 is 1.23 bits per heavy atom. The van der Waals surface area contributed by atoms with E-state index in [1.165, 1.54) is 37.3 Å². The van der Waals surface area contributed by atoms with Crippen LogP contribution in [0.4, 0.5) is 10.1 Å². The number of carbonyl (C=O) groups excluding carboxylic acids is 1. The van der Waals surface area contributed by atoms with Gasteiger partial charge in [0.1, 0.15) is 23.0 Å². The van der Waals surface area contributed by atoms with Gasteiger partial charge < -0.3 is 5.11 Å². The van der Waals surface area contributed by atoms with E-state index in [0.29, 0.717) is 5.56 Å². The van der Waals surface area contributed by atoms with Gasteiger partial charge in [0.05, 0.1) is 17.0 Å². The van der Waals surface area contributed by atoms with Crippen molar-refractivity contribution in [2.75, 3.05) is 0 Å². The standard InChI is InChI=1S/C21H14FN3O5/c1-12-16(10-23)20(27)24(11-13-6-8-14(22)9-7-13)21(28)18(12)19(26)15-4-2-3-5-17(15)25(29)30/h2-9,28H,11H2,1H3. The Balaban J connectivity index is 2.24. The monoisotopic (exact) mass is 407 g/mol. The van der Waals surface area contributed by atoms with E-state index in [1.807, 2.05) is 0 Å². The van der Waals surface area contributed by atoms with Gasteiger partial charge in [0.2, 0.25) is 11.7 Å². The molecule has 0 aliphatic carbocycles. The molecule has 0 spiro atoms. The van der Waals surface area contributed by atoms with Gasteiger partial charge in [0.25, 0.3) is 11.2 Å². The number of aromatic hydroxyl groups is 1. The molecule has 3 aromatic rings. The molecule has 8 nitrogen and oxygen atoms in total. The van der Waals surface area contributed by atoms with Crippen LogP contribution in [-0.4, -0.2) is 20.4 Å². The van der Waals surface area contributed by atoms with Crippen molar-refractivity contribution in [1.29, 1.82) is 5.26 Å². The number of ketones is 1. The zero-order chi connectivity index (χ0) is 22.0. The smallest absolute Gasteiger partial charge is 0.280 e.